The van der Waals surface area contributed by atoms with E-state index in [0.29, 0.717) is 30.5 Å². The highest BCUT2D eigenvalue weighted by atomic mass is 19.1. The molecule has 0 bridgehead atoms. The molecule has 1 aromatic carbocycles. The molecule has 2 aromatic rings. The van der Waals surface area contributed by atoms with Crippen molar-refractivity contribution >= 4 is 5.95 Å². The normalized spacial score (nSPS) is 16.1. The summed E-state index contributed by atoms with van der Waals surface area (Å²) in [7, 11) is 1.69. The number of anilines is 1. The van der Waals surface area contributed by atoms with Gasteiger partial charge < -0.3 is 10.1 Å². The van der Waals surface area contributed by atoms with Crippen LogP contribution in [0.25, 0.3) is 0 Å². The molecule has 2 heterocycles. The molecule has 1 saturated carbocycles. The Morgan fingerprint density at radius 2 is 2.26 bits per heavy atom. The molecule has 1 N–H and O–H groups in total. The van der Waals surface area contributed by atoms with Crippen LogP contribution < -0.4 is 15.6 Å². The molecule has 0 amide bonds. The van der Waals surface area contributed by atoms with Crippen molar-refractivity contribution in [1.29, 1.82) is 0 Å². The summed E-state index contributed by atoms with van der Waals surface area (Å²) in [5, 5.41) is 3.08. The van der Waals surface area contributed by atoms with Crippen LogP contribution in [0.1, 0.15) is 35.4 Å². The van der Waals surface area contributed by atoms with Gasteiger partial charge in [0, 0.05) is 42.9 Å². The van der Waals surface area contributed by atoms with Crippen LogP contribution in [0.2, 0.25) is 0 Å². The SMILES string of the molecule is Cn1c(NCc2c(F)ccc3c2CCO3)ncc(C2CC2)c1=O. The molecule has 6 heteroatoms. The molecule has 0 saturated heterocycles. The lowest BCUT2D eigenvalue weighted by molar-refractivity contribution is 0.356. The summed E-state index contributed by atoms with van der Waals surface area (Å²) < 4.78 is 21.1. The van der Waals surface area contributed by atoms with E-state index >= 15 is 0 Å². The van der Waals surface area contributed by atoms with E-state index in [-0.39, 0.29) is 17.9 Å². The van der Waals surface area contributed by atoms with E-state index in [2.05, 4.69) is 10.3 Å². The van der Waals surface area contributed by atoms with Crippen LogP contribution in [0, 0.1) is 5.82 Å². The maximum atomic E-state index is 14.1. The lowest BCUT2D eigenvalue weighted by Gasteiger charge is -2.13. The third-order valence-electron chi connectivity index (χ3n) is 4.58. The molecule has 2 aliphatic rings. The minimum atomic E-state index is -0.263. The zero-order valence-corrected chi connectivity index (χ0v) is 12.9. The highest BCUT2D eigenvalue weighted by Gasteiger charge is 2.27. The predicted molar refractivity (Wildman–Crippen MR) is 84.4 cm³/mol. The number of fused-ring (bicyclic) bond motifs is 1. The molecule has 1 aliphatic heterocycles. The Bertz CT molecular complexity index is 827. The number of ether oxygens (including phenoxy) is 1. The number of nitrogens with zero attached hydrogens (tertiary/aromatic N) is 2. The van der Waals surface area contributed by atoms with Crippen molar-refractivity contribution in [1.82, 2.24) is 9.55 Å². The number of aromatic nitrogens is 2. The van der Waals surface area contributed by atoms with Gasteiger partial charge in [-0.3, -0.25) is 9.36 Å². The van der Waals surface area contributed by atoms with Gasteiger partial charge in [-0.15, -0.1) is 0 Å². The fourth-order valence-corrected chi connectivity index (χ4v) is 3.07. The Morgan fingerprint density at radius 1 is 1.43 bits per heavy atom. The summed E-state index contributed by atoms with van der Waals surface area (Å²) in [6.07, 6.45) is 4.48. The average Bonchev–Trinajstić information content (AvgIpc) is 3.27. The highest BCUT2D eigenvalue weighted by molar-refractivity contribution is 5.45. The van der Waals surface area contributed by atoms with Gasteiger partial charge in [0.2, 0.25) is 5.95 Å². The second kappa shape index (κ2) is 5.37. The first kappa shape index (κ1) is 14.2. The maximum absolute atomic E-state index is 14.1. The van der Waals surface area contributed by atoms with Crippen molar-refractivity contribution in [3.63, 3.8) is 0 Å². The number of halogens is 1. The van der Waals surface area contributed by atoms with Crippen LogP contribution in [0.5, 0.6) is 5.75 Å². The molecular weight excluding hydrogens is 297 g/mol. The van der Waals surface area contributed by atoms with Crippen LogP contribution in [-0.4, -0.2) is 16.2 Å². The van der Waals surface area contributed by atoms with E-state index in [1.807, 2.05) is 0 Å². The number of nitrogens with one attached hydrogen (secondary N) is 1. The van der Waals surface area contributed by atoms with E-state index in [1.54, 1.807) is 19.3 Å². The zero-order chi connectivity index (χ0) is 16.0. The first-order chi connectivity index (χ1) is 11.1. The third-order valence-corrected chi connectivity index (χ3v) is 4.58. The molecular formula is C17H18FN3O2. The molecule has 4 rings (SSSR count). The van der Waals surface area contributed by atoms with Gasteiger partial charge in [-0.1, -0.05) is 0 Å². The van der Waals surface area contributed by atoms with Crippen LogP contribution in [0.3, 0.4) is 0 Å². The quantitative estimate of drug-likeness (QED) is 0.941. The summed E-state index contributed by atoms with van der Waals surface area (Å²) >= 11 is 0. The molecule has 120 valence electrons. The number of benzene rings is 1. The summed E-state index contributed by atoms with van der Waals surface area (Å²) in [4.78, 5) is 16.7. The topological polar surface area (TPSA) is 56.1 Å². The Hall–Kier alpha value is -2.37. The Labute approximate surface area is 133 Å². The molecule has 1 fully saturated rings. The van der Waals surface area contributed by atoms with Gasteiger partial charge in [-0.05, 0) is 30.9 Å². The van der Waals surface area contributed by atoms with Crippen molar-refractivity contribution in [2.24, 2.45) is 7.05 Å². The van der Waals surface area contributed by atoms with Gasteiger partial charge in [-0.2, -0.15) is 0 Å². The van der Waals surface area contributed by atoms with Crippen molar-refractivity contribution < 1.29 is 9.13 Å². The minimum absolute atomic E-state index is 0.0212. The molecule has 0 spiro atoms. The van der Waals surface area contributed by atoms with Crippen molar-refractivity contribution in [2.45, 2.75) is 31.7 Å². The fraction of sp³-hybridized carbons (Fsp3) is 0.412. The molecule has 1 aliphatic carbocycles. The zero-order valence-electron chi connectivity index (χ0n) is 12.9. The summed E-state index contributed by atoms with van der Waals surface area (Å²) in [5.74, 6) is 1.30. The van der Waals surface area contributed by atoms with Crippen LogP contribution in [0.4, 0.5) is 10.3 Å². The Balaban J connectivity index is 1.60. The fourth-order valence-electron chi connectivity index (χ4n) is 3.07. The largest absolute Gasteiger partial charge is 0.493 e. The smallest absolute Gasteiger partial charge is 0.258 e. The molecule has 0 atom stereocenters. The Kier molecular flexibility index (Phi) is 3.32. The van der Waals surface area contributed by atoms with Gasteiger partial charge in [0.25, 0.3) is 5.56 Å². The second-order valence-electron chi connectivity index (χ2n) is 6.13. The molecule has 5 nitrogen and oxygen atoms in total. The molecule has 0 unspecified atom stereocenters. The summed E-state index contributed by atoms with van der Waals surface area (Å²) in [5.41, 5.74) is 2.24. The van der Waals surface area contributed by atoms with E-state index < -0.39 is 0 Å². The van der Waals surface area contributed by atoms with Crippen molar-refractivity contribution in [3.8, 4) is 5.75 Å². The van der Waals surface area contributed by atoms with Crippen LogP contribution in [0.15, 0.2) is 23.1 Å². The second-order valence-corrected chi connectivity index (χ2v) is 6.13. The van der Waals surface area contributed by atoms with E-state index in [0.717, 1.165) is 29.7 Å². The van der Waals surface area contributed by atoms with E-state index in [1.165, 1.54) is 10.6 Å². The van der Waals surface area contributed by atoms with Gasteiger partial charge in [0.15, 0.2) is 0 Å². The standard InChI is InChI=1S/C17H18FN3O2/c1-21-16(22)12(10-2-3-10)8-19-17(21)20-9-13-11-6-7-23-15(11)5-4-14(13)18/h4-5,8,10H,2-3,6-7,9H2,1H3,(H,19,20). The van der Waals surface area contributed by atoms with Gasteiger partial charge >= 0.3 is 0 Å². The van der Waals surface area contributed by atoms with E-state index in [9.17, 15) is 9.18 Å². The first-order valence-corrected chi connectivity index (χ1v) is 7.88. The number of rotatable bonds is 4. The Morgan fingerprint density at radius 3 is 3.04 bits per heavy atom. The summed E-state index contributed by atoms with van der Waals surface area (Å²) in [6, 6.07) is 3.09. The predicted octanol–water partition coefficient (Wildman–Crippen LogP) is 2.34. The molecule has 1 aromatic heterocycles. The van der Waals surface area contributed by atoms with Crippen LogP contribution in [-0.2, 0) is 20.0 Å². The van der Waals surface area contributed by atoms with Gasteiger partial charge in [-0.25, -0.2) is 9.37 Å². The van der Waals surface area contributed by atoms with Gasteiger partial charge in [0.1, 0.15) is 11.6 Å². The highest BCUT2D eigenvalue weighted by Crippen LogP contribution is 2.38. The minimum Gasteiger partial charge on any atom is -0.493 e. The third kappa shape index (κ3) is 2.48. The van der Waals surface area contributed by atoms with Crippen molar-refractivity contribution in [3.05, 3.63) is 51.2 Å². The number of hydrogen-bond donors (Lipinski definition) is 1. The van der Waals surface area contributed by atoms with Gasteiger partial charge in [0.05, 0.1) is 6.61 Å². The van der Waals surface area contributed by atoms with E-state index in [4.69, 9.17) is 4.74 Å². The lowest BCUT2D eigenvalue weighted by Crippen LogP contribution is -2.25. The first-order valence-electron chi connectivity index (χ1n) is 7.88. The lowest BCUT2D eigenvalue weighted by atomic mass is 10.0. The number of hydrogen-bond acceptors (Lipinski definition) is 4. The summed E-state index contributed by atoms with van der Waals surface area (Å²) in [6.45, 7) is 0.861. The maximum Gasteiger partial charge on any atom is 0.258 e. The molecule has 0 radical (unpaired) electrons. The van der Waals surface area contributed by atoms with Crippen molar-refractivity contribution in [2.75, 3.05) is 11.9 Å². The monoisotopic (exact) mass is 315 g/mol. The van der Waals surface area contributed by atoms with Crippen LogP contribution >= 0.6 is 0 Å². The molecule has 23 heavy (non-hydrogen) atoms. The average molecular weight is 315 g/mol.